The molecule has 6 heteroatoms. The van der Waals surface area contributed by atoms with Crippen LogP contribution in [0.1, 0.15) is 31.2 Å². The molecule has 0 radical (unpaired) electrons. The Hall–Kier alpha value is -1.59. The molecular formula is C16H19ClO5. The summed E-state index contributed by atoms with van der Waals surface area (Å²) in [5.41, 5.74) is 0.822. The summed E-state index contributed by atoms with van der Waals surface area (Å²) in [6.45, 7) is 2.79. The molecule has 1 heterocycles. The maximum atomic E-state index is 11.7. The van der Waals surface area contributed by atoms with Crippen LogP contribution in [0.3, 0.4) is 0 Å². The van der Waals surface area contributed by atoms with Crippen LogP contribution in [0.2, 0.25) is 5.02 Å². The lowest BCUT2D eigenvalue weighted by Gasteiger charge is -2.10. The smallest absolute Gasteiger partial charge is 0.311 e. The minimum absolute atomic E-state index is 0.00186. The zero-order valence-corrected chi connectivity index (χ0v) is 13.2. The zero-order chi connectivity index (χ0) is 15.9. The monoisotopic (exact) mass is 326 g/mol. The molecule has 1 aromatic rings. The van der Waals surface area contributed by atoms with E-state index in [4.69, 9.17) is 25.8 Å². The van der Waals surface area contributed by atoms with E-state index in [1.807, 2.05) is 6.92 Å². The lowest BCUT2D eigenvalue weighted by molar-refractivity contribution is -0.149. The average molecular weight is 327 g/mol. The molecule has 1 fully saturated rings. The van der Waals surface area contributed by atoms with E-state index >= 15 is 0 Å². The van der Waals surface area contributed by atoms with Gasteiger partial charge in [0.1, 0.15) is 12.4 Å². The number of halogens is 1. The van der Waals surface area contributed by atoms with Gasteiger partial charge in [-0.05, 0) is 43.5 Å². The van der Waals surface area contributed by atoms with Gasteiger partial charge in [0.15, 0.2) is 0 Å². The van der Waals surface area contributed by atoms with Gasteiger partial charge in [0.2, 0.25) is 0 Å². The van der Waals surface area contributed by atoms with Crippen LogP contribution in [0.4, 0.5) is 0 Å². The second kappa shape index (κ2) is 8.15. The third kappa shape index (κ3) is 5.31. The van der Waals surface area contributed by atoms with Crippen molar-refractivity contribution in [3.05, 3.63) is 28.8 Å². The number of rotatable bonds is 6. The molecule has 0 amide bonds. The van der Waals surface area contributed by atoms with Crippen LogP contribution in [0.15, 0.2) is 18.2 Å². The van der Waals surface area contributed by atoms with Crippen molar-refractivity contribution in [1.82, 2.24) is 0 Å². The molecule has 0 N–H and O–H groups in total. The molecule has 0 aromatic heterocycles. The normalized spacial score (nSPS) is 17.3. The highest BCUT2D eigenvalue weighted by Crippen LogP contribution is 2.21. The van der Waals surface area contributed by atoms with Gasteiger partial charge >= 0.3 is 11.9 Å². The van der Waals surface area contributed by atoms with Crippen molar-refractivity contribution in [2.75, 3.05) is 13.2 Å². The van der Waals surface area contributed by atoms with Gasteiger partial charge in [0.25, 0.3) is 0 Å². The summed E-state index contributed by atoms with van der Waals surface area (Å²) >= 11 is 5.90. The highest BCUT2D eigenvalue weighted by Gasteiger charge is 2.18. The van der Waals surface area contributed by atoms with Crippen molar-refractivity contribution < 1.29 is 23.8 Å². The summed E-state index contributed by atoms with van der Waals surface area (Å²) in [5, 5.41) is 0.609. The number of hydrogen-bond donors (Lipinski definition) is 0. The van der Waals surface area contributed by atoms with E-state index < -0.39 is 11.9 Å². The second-order valence-electron chi connectivity index (χ2n) is 5.20. The highest BCUT2D eigenvalue weighted by molar-refractivity contribution is 6.31. The molecule has 1 aliphatic heterocycles. The predicted molar refractivity (Wildman–Crippen MR) is 81.0 cm³/mol. The van der Waals surface area contributed by atoms with Crippen molar-refractivity contribution in [2.45, 2.75) is 38.7 Å². The number of ether oxygens (including phenoxy) is 3. The first-order chi connectivity index (χ1) is 10.5. The Morgan fingerprint density at radius 1 is 1.32 bits per heavy atom. The Morgan fingerprint density at radius 2 is 2.09 bits per heavy atom. The van der Waals surface area contributed by atoms with Gasteiger partial charge in [-0.2, -0.15) is 0 Å². The standard InChI is InChI=1S/C16H19ClO5/c1-11-9-12(4-5-14(11)17)22-16(19)7-6-15(18)21-10-13-3-2-8-20-13/h4-5,9,13H,2-3,6-8,10H2,1H3. The van der Waals surface area contributed by atoms with E-state index in [0.29, 0.717) is 10.8 Å². The summed E-state index contributed by atoms with van der Waals surface area (Å²) in [6, 6.07) is 4.95. The molecule has 0 bridgehead atoms. The molecule has 2 rings (SSSR count). The van der Waals surface area contributed by atoms with Gasteiger partial charge in [-0.25, -0.2) is 0 Å². The summed E-state index contributed by atoms with van der Waals surface area (Å²) in [7, 11) is 0. The number of aryl methyl sites for hydroxylation is 1. The lowest BCUT2D eigenvalue weighted by Crippen LogP contribution is -2.19. The summed E-state index contributed by atoms with van der Waals surface area (Å²) < 4.78 is 15.6. The second-order valence-corrected chi connectivity index (χ2v) is 5.61. The number of esters is 2. The summed E-state index contributed by atoms with van der Waals surface area (Å²) in [5.74, 6) is -0.477. The Balaban J connectivity index is 1.68. The molecule has 0 saturated carbocycles. The Kier molecular flexibility index (Phi) is 6.21. The molecule has 0 aliphatic carbocycles. The third-order valence-corrected chi connectivity index (χ3v) is 3.77. The SMILES string of the molecule is Cc1cc(OC(=O)CCC(=O)OCC2CCCO2)ccc1Cl. The fourth-order valence-corrected chi connectivity index (χ4v) is 2.22. The van der Waals surface area contributed by atoms with Crippen LogP contribution in [-0.2, 0) is 19.1 Å². The average Bonchev–Trinajstić information content (AvgIpc) is 3.00. The van der Waals surface area contributed by atoms with E-state index in [0.717, 1.165) is 25.0 Å². The molecule has 120 valence electrons. The lowest BCUT2D eigenvalue weighted by atomic mass is 10.2. The predicted octanol–water partition coefficient (Wildman–Crippen LogP) is 3.06. The van der Waals surface area contributed by atoms with E-state index in [2.05, 4.69) is 0 Å². The maximum absolute atomic E-state index is 11.7. The fourth-order valence-electron chi connectivity index (χ4n) is 2.10. The molecule has 22 heavy (non-hydrogen) atoms. The van der Waals surface area contributed by atoms with Crippen LogP contribution in [0.5, 0.6) is 5.75 Å². The summed E-state index contributed by atoms with van der Waals surface area (Å²) in [4.78, 5) is 23.2. The van der Waals surface area contributed by atoms with E-state index in [-0.39, 0.29) is 25.6 Å². The zero-order valence-electron chi connectivity index (χ0n) is 12.5. The van der Waals surface area contributed by atoms with E-state index in [9.17, 15) is 9.59 Å². The quantitative estimate of drug-likeness (QED) is 0.594. The molecule has 1 aromatic carbocycles. The molecular weight excluding hydrogens is 308 g/mol. The van der Waals surface area contributed by atoms with Gasteiger partial charge in [-0.15, -0.1) is 0 Å². The van der Waals surface area contributed by atoms with Crippen molar-refractivity contribution in [3.8, 4) is 5.75 Å². The Bertz CT molecular complexity index is 537. The van der Waals surface area contributed by atoms with E-state index in [1.54, 1.807) is 18.2 Å². The van der Waals surface area contributed by atoms with Crippen LogP contribution < -0.4 is 4.74 Å². The van der Waals surface area contributed by atoms with E-state index in [1.165, 1.54) is 0 Å². The molecule has 1 unspecified atom stereocenters. The topological polar surface area (TPSA) is 61.8 Å². The number of benzene rings is 1. The van der Waals surface area contributed by atoms with Crippen molar-refractivity contribution in [1.29, 1.82) is 0 Å². The number of carbonyl (C=O) groups is 2. The molecule has 1 aliphatic rings. The first kappa shape index (κ1) is 16.8. The minimum atomic E-state index is -0.476. The summed E-state index contributed by atoms with van der Waals surface area (Å²) in [6.07, 6.45) is 1.87. The number of hydrogen-bond acceptors (Lipinski definition) is 5. The fraction of sp³-hybridized carbons (Fsp3) is 0.500. The van der Waals surface area contributed by atoms with Crippen LogP contribution in [0.25, 0.3) is 0 Å². The minimum Gasteiger partial charge on any atom is -0.463 e. The Labute approximate surface area is 134 Å². The van der Waals surface area contributed by atoms with Gasteiger partial charge in [-0.3, -0.25) is 9.59 Å². The van der Waals surface area contributed by atoms with Gasteiger partial charge in [0, 0.05) is 11.6 Å². The Morgan fingerprint density at radius 3 is 2.77 bits per heavy atom. The highest BCUT2D eigenvalue weighted by atomic mass is 35.5. The molecule has 0 spiro atoms. The van der Waals surface area contributed by atoms with Crippen LogP contribution >= 0.6 is 11.6 Å². The molecule has 1 atom stereocenters. The first-order valence-corrected chi connectivity index (χ1v) is 7.66. The maximum Gasteiger partial charge on any atom is 0.311 e. The van der Waals surface area contributed by atoms with Gasteiger partial charge in [-0.1, -0.05) is 11.6 Å². The third-order valence-electron chi connectivity index (χ3n) is 3.35. The van der Waals surface area contributed by atoms with Crippen LogP contribution in [-0.4, -0.2) is 31.3 Å². The van der Waals surface area contributed by atoms with Gasteiger partial charge < -0.3 is 14.2 Å². The van der Waals surface area contributed by atoms with Crippen molar-refractivity contribution >= 4 is 23.5 Å². The van der Waals surface area contributed by atoms with Crippen LogP contribution in [0, 0.1) is 6.92 Å². The van der Waals surface area contributed by atoms with Gasteiger partial charge in [0.05, 0.1) is 18.9 Å². The largest absolute Gasteiger partial charge is 0.463 e. The number of carbonyl (C=O) groups excluding carboxylic acids is 2. The molecule has 1 saturated heterocycles. The molecule has 5 nitrogen and oxygen atoms in total. The van der Waals surface area contributed by atoms with Crippen molar-refractivity contribution in [3.63, 3.8) is 0 Å². The first-order valence-electron chi connectivity index (χ1n) is 7.28. The van der Waals surface area contributed by atoms with Crippen molar-refractivity contribution in [2.24, 2.45) is 0 Å².